The molecule has 0 radical (unpaired) electrons. The van der Waals surface area contributed by atoms with E-state index in [1.807, 2.05) is 6.07 Å². The predicted molar refractivity (Wildman–Crippen MR) is 82.5 cm³/mol. The third-order valence-corrected chi connectivity index (χ3v) is 4.51. The third kappa shape index (κ3) is 3.77. The van der Waals surface area contributed by atoms with Gasteiger partial charge < -0.3 is 5.73 Å². The van der Waals surface area contributed by atoms with Gasteiger partial charge in [0.2, 0.25) is 0 Å². The zero-order valence-electron chi connectivity index (χ0n) is 11.4. The van der Waals surface area contributed by atoms with Crippen LogP contribution in [0, 0.1) is 10.1 Å². The van der Waals surface area contributed by atoms with E-state index in [4.69, 9.17) is 5.73 Å². The highest BCUT2D eigenvalue weighted by Gasteiger charge is 2.22. The average molecular weight is 342 g/mol. The Balaban J connectivity index is 2.11. The second kappa shape index (κ2) is 7.15. The number of nitrogens with zero attached hydrogens (tertiary/aromatic N) is 2. The molecule has 5 nitrogen and oxygen atoms in total. The number of nitrogens with two attached hydrogens (primary N) is 1. The van der Waals surface area contributed by atoms with Crippen LogP contribution >= 0.6 is 15.9 Å². The molecular weight excluding hydrogens is 322 g/mol. The Hall–Kier alpha value is -0.980. The molecule has 1 heterocycles. The summed E-state index contributed by atoms with van der Waals surface area (Å²) in [5.41, 5.74) is 6.80. The second-order valence-electron chi connectivity index (χ2n) is 5.24. The lowest BCUT2D eigenvalue weighted by Gasteiger charge is -2.35. The first kappa shape index (κ1) is 15.4. The van der Waals surface area contributed by atoms with E-state index >= 15 is 0 Å². The Labute approximate surface area is 127 Å². The first-order valence-corrected chi connectivity index (χ1v) is 7.78. The summed E-state index contributed by atoms with van der Waals surface area (Å²) in [6.45, 7) is 2.51. The number of nitro groups is 1. The summed E-state index contributed by atoms with van der Waals surface area (Å²) >= 11 is 3.22. The number of benzene rings is 1. The molecule has 20 heavy (non-hydrogen) atoms. The number of halogens is 1. The topological polar surface area (TPSA) is 72.4 Å². The van der Waals surface area contributed by atoms with Crippen LogP contribution in [0.15, 0.2) is 22.7 Å². The van der Waals surface area contributed by atoms with Crippen LogP contribution in [0.1, 0.15) is 31.2 Å². The van der Waals surface area contributed by atoms with Crippen molar-refractivity contribution in [1.29, 1.82) is 0 Å². The van der Waals surface area contributed by atoms with Crippen molar-refractivity contribution < 1.29 is 4.92 Å². The molecule has 0 spiro atoms. The van der Waals surface area contributed by atoms with Crippen LogP contribution in [0.3, 0.4) is 0 Å². The van der Waals surface area contributed by atoms with Gasteiger partial charge in [-0.1, -0.05) is 12.5 Å². The lowest BCUT2D eigenvalue weighted by molar-refractivity contribution is -0.385. The molecule has 1 aromatic rings. The second-order valence-corrected chi connectivity index (χ2v) is 6.09. The zero-order valence-corrected chi connectivity index (χ0v) is 13.0. The quantitative estimate of drug-likeness (QED) is 0.659. The highest BCUT2D eigenvalue weighted by atomic mass is 79.9. The number of hydrogen-bond donors (Lipinski definition) is 1. The Bertz CT molecular complexity index is 479. The van der Waals surface area contributed by atoms with Gasteiger partial charge in [0.15, 0.2) is 0 Å². The molecule has 1 aliphatic rings. The normalized spacial score (nSPS) is 20.0. The number of rotatable bonds is 5. The fourth-order valence-electron chi connectivity index (χ4n) is 2.82. The SMILES string of the molecule is NCCC1CCCCN1Cc1ccc(Br)c([N+](=O)[O-])c1. The van der Waals surface area contributed by atoms with E-state index in [9.17, 15) is 10.1 Å². The Kier molecular flexibility index (Phi) is 5.51. The minimum Gasteiger partial charge on any atom is -0.330 e. The molecule has 0 saturated carbocycles. The lowest BCUT2D eigenvalue weighted by Crippen LogP contribution is -2.40. The molecule has 1 aromatic carbocycles. The molecule has 1 aliphatic heterocycles. The van der Waals surface area contributed by atoms with Crippen molar-refractivity contribution in [2.75, 3.05) is 13.1 Å². The number of hydrogen-bond acceptors (Lipinski definition) is 4. The largest absolute Gasteiger partial charge is 0.330 e. The van der Waals surface area contributed by atoms with E-state index in [0.29, 0.717) is 17.1 Å². The maximum Gasteiger partial charge on any atom is 0.283 e. The summed E-state index contributed by atoms with van der Waals surface area (Å²) in [6.07, 6.45) is 4.62. The summed E-state index contributed by atoms with van der Waals surface area (Å²) < 4.78 is 0.531. The van der Waals surface area contributed by atoms with Gasteiger partial charge in [0.1, 0.15) is 0 Å². The molecule has 6 heteroatoms. The summed E-state index contributed by atoms with van der Waals surface area (Å²) in [4.78, 5) is 13.0. The van der Waals surface area contributed by atoms with Crippen LogP contribution in [0.25, 0.3) is 0 Å². The fourth-order valence-corrected chi connectivity index (χ4v) is 3.21. The minimum atomic E-state index is -0.346. The summed E-state index contributed by atoms with van der Waals surface area (Å²) in [5.74, 6) is 0. The minimum absolute atomic E-state index is 0.134. The molecule has 0 bridgehead atoms. The van der Waals surface area contributed by atoms with Crippen molar-refractivity contribution in [3.63, 3.8) is 0 Å². The van der Waals surface area contributed by atoms with Gasteiger partial charge in [0, 0.05) is 18.7 Å². The first-order valence-electron chi connectivity index (χ1n) is 6.98. The third-order valence-electron chi connectivity index (χ3n) is 3.84. The molecule has 1 fully saturated rings. The van der Waals surface area contributed by atoms with Crippen molar-refractivity contribution in [3.8, 4) is 0 Å². The lowest BCUT2D eigenvalue weighted by atomic mass is 9.98. The van der Waals surface area contributed by atoms with E-state index in [-0.39, 0.29) is 10.6 Å². The smallest absolute Gasteiger partial charge is 0.283 e. The van der Waals surface area contributed by atoms with Gasteiger partial charge in [0.25, 0.3) is 5.69 Å². The highest BCUT2D eigenvalue weighted by molar-refractivity contribution is 9.10. The summed E-state index contributed by atoms with van der Waals surface area (Å²) in [7, 11) is 0. The van der Waals surface area contributed by atoms with E-state index in [1.54, 1.807) is 12.1 Å². The van der Waals surface area contributed by atoms with E-state index in [1.165, 1.54) is 19.3 Å². The zero-order chi connectivity index (χ0) is 14.5. The maximum atomic E-state index is 11.0. The standard InChI is InChI=1S/C14H20BrN3O2/c15-13-5-4-11(9-14(13)18(19)20)10-17-8-2-1-3-12(17)6-7-16/h4-5,9,12H,1-3,6-8,10,16H2. The van der Waals surface area contributed by atoms with Crippen molar-refractivity contribution in [1.82, 2.24) is 4.90 Å². The summed E-state index contributed by atoms with van der Waals surface area (Å²) in [6, 6.07) is 5.88. The fraction of sp³-hybridized carbons (Fsp3) is 0.571. The molecule has 110 valence electrons. The molecule has 0 amide bonds. The van der Waals surface area contributed by atoms with Gasteiger partial charge in [-0.2, -0.15) is 0 Å². The van der Waals surface area contributed by atoms with Crippen LogP contribution < -0.4 is 5.73 Å². The molecule has 0 aromatic heterocycles. The van der Waals surface area contributed by atoms with Crippen molar-refractivity contribution in [2.24, 2.45) is 5.73 Å². The van der Waals surface area contributed by atoms with Crippen LogP contribution in [0.2, 0.25) is 0 Å². The van der Waals surface area contributed by atoms with Crippen LogP contribution in [0.4, 0.5) is 5.69 Å². The van der Waals surface area contributed by atoms with Crippen molar-refractivity contribution >= 4 is 21.6 Å². The number of nitro benzene ring substituents is 1. The Morgan fingerprint density at radius 2 is 2.25 bits per heavy atom. The Morgan fingerprint density at radius 1 is 1.45 bits per heavy atom. The van der Waals surface area contributed by atoms with Gasteiger partial charge >= 0.3 is 0 Å². The van der Waals surface area contributed by atoms with Crippen molar-refractivity contribution in [3.05, 3.63) is 38.3 Å². The first-order chi connectivity index (χ1) is 9.61. The van der Waals surface area contributed by atoms with Crippen LogP contribution in [-0.2, 0) is 6.54 Å². The van der Waals surface area contributed by atoms with E-state index in [2.05, 4.69) is 20.8 Å². The average Bonchev–Trinajstić information content (AvgIpc) is 2.43. The molecular formula is C14H20BrN3O2. The highest BCUT2D eigenvalue weighted by Crippen LogP contribution is 2.28. The Morgan fingerprint density at radius 3 is 2.95 bits per heavy atom. The summed E-state index contributed by atoms with van der Waals surface area (Å²) in [5, 5.41) is 11.0. The van der Waals surface area contributed by atoms with Gasteiger partial charge in [-0.15, -0.1) is 0 Å². The van der Waals surface area contributed by atoms with Crippen molar-refractivity contribution in [2.45, 2.75) is 38.3 Å². The molecule has 1 atom stereocenters. The number of likely N-dealkylation sites (tertiary alicyclic amines) is 1. The predicted octanol–water partition coefficient (Wildman–Crippen LogP) is 3.06. The van der Waals surface area contributed by atoms with Gasteiger partial charge in [-0.3, -0.25) is 15.0 Å². The van der Waals surface area contributed by atoms with Crippen LogP contribution in [-0.4, -0.2) is 29.0 Å². The van der Waals surface area contributed by atoms with E-state index < -0.39 is 0 Å². The maximum absolute atomic E-state index is 11.0. The molecule has 1 unspecified atom stereocenters. The molecule has 0 aliphatic carbocycles. The van der Waals surface area contributed by atoms with Gasteiger partial charge in [-0.25, -0.2) is 0 Å². The van der Waals surface area contributed by atoms with E-state index in [0.717, 1.165) is 25.1 Å². The molecule has 1 saturated heterocycles. The number of piperidine rings is 1. The monoisotopic (exact) mass is 341 g/mol. The van der Waals surface area contributed by atoms with Crippen LogP contribution in [0.5, 0.6) is 0 Å². The molecule has 2 N–H and O–H groups in total. The van der Waals surface area contributed by atoms with Gasteiger partial charge in [-0.05, 0) is 59.9 Å². The molecule has 2 rings (SSSR count). The van der Waals surface area contributed by atoms with Gasteiger partial charge in [0.05, 0.1) is 9.40 Å².